The third-order valence-electron chi connectivity index (χ3n) is 5.24. The van der Waals surface area contributed by atoms with E-state index in [-0.39, 0.29) is 17.6 Å². The maximum Gasteiger partial charge on any atom is 0.326 e. The number of amides is 1. The van der Waals surface area contributed by atoms with Crippen molar-refractivity contribution in [2.24, 2.45) is 0 Å². The standard InChI is InChI=1S/C21H22ClN3O3/c1-14(28-17-8-6-15(22)7-9-17)20(26)24-12-10-16(11-13-24)25-19-5-3-2-4-18(19)23-21(25)27/h2-9,14,16H,10-13H2,1H3,(H,23,27)/t14-/m1/s1. The molecule has 0 unspecified atom stereocenters. The van der Waals surface area contributed by atoms with Crippen LogP contribution in [0.2, 0.25) is 5.02 Å². The van der Waals surface area contributed by atoms with Gasteiger partial charge in [-0.15, -0.1) is 0 Å². The third-order valence-corrected chi connectivity index (χ3v) is 5.49. The molecule has 1 aromatic heterocycles. The highest BCUT2D eigenvalue weighted by molar-refractivity contribution is 6.30. The number of piperidine rings is 1. The molecule has 2 aromatic carbocycles. The molecule has 146 valence electrons. The van der Waals surface area contributed by atoms with Gasteiger partial charge in [-0.3, -0.25) is 9.36 Å². The average Bonchev–Trinajstić information content (AvgIpc) is 3.05. The van der Waals surface area contributed by atoms with E-state index in [9.17, 15) is 9.59 Å². The van der Waals surface area contributed by atoms with Crippen LogP contribution in [0.25, 0.3) is 11.0 Å². The van der Waals surface area contributed by atoms with Crippen molar-refractivity contribution in [1.82, 2.24) is 14.5 Å². The molecule has 1 atom stereocenters. The Morgan fingerprint density at radius 2 is 1.82 bits per heavy atom. The molecule has 28 heavy (non-hydrogen) atoms. The van der Waals surface area contributed by atoms with E-state index in [1.54, 1.807) is 31.2 Å². The summed E-state index contributed by atoms with van der Waals surface area (Å²) in [6.45, 7) is 2.96. The Labute approximate surface area is 167 Å². The van der Waals surface area contributed by atoms with Gasteiger partial charge >= 0.3 is 5.69 Å². The van der Waals surface area contributed by atoms with Crippen molar-refractivity contribution >= 4 is 28.5 Å². The van der Waals surface area contributed by atoms with Crippen LogP contribution in [-0.4, -0.2) is 39.6 Å². The molecule has 4 rings (SSSR count). The van der Waals surface area contributed by atoms with Crippen LogP contribution in [0.4, 0.5) is 0 Å². The lowest BCUT2D eigenvalue weighted by Crippen LogP contribution is -2.45. The molecule has 2 heterocycles. The second-order valence-corrected chi connectivity index (χ2v) is 7.52. The maximum atomic E-state index is 12.7. The quantitative estimate of drug-likeness (QED) is 0.728. The molecular formula is C21H22ClN3O3. The first-order valence-electron chi connectivity index (χ1n) is 9.43. The molecule has 0 aliphatic carbocycles. The minimum Gasteiger partial charge on any atom is -0.481 e. The molecule has 0 saturated carbocycles. The minimum atomic E-state index is -0.575. The van der Waals surface area contributed by atoms with Gasteiger partial charge in [0, 0.05) is 24.2 Å². The smallest absolute Gasteiger partial charge is 0.326 e. The monoisotopic (exact) mass is 399 g/mol. The van der Waals surface area contributed by atoms with Crippen molar-refractivity contribution in [3.63, 3.8) is 0 Å². The predicted molar refractivity (Wildman–Crippen MR) is 109 cm³/mol. The number of H-pyrrole nitrogens is 1. The highest BCUT2D eigenvalue weighted by Gasteiger charge is 2.29. The number of imidazole rings is 1. The zero-order chi connectivity index (χ0) is 19.7. The lowest BCUT2D eigenvalue weighted by molar-refractivity contribution is -0.139. The lowest BCUT2D eigenvalue weighted by atomic mass is 10.0. The van der Waals surface area contributed by atoms with Crippen LogP contribution in [-0.2, 0) is 4.79 Å². The van der Waals surface area contributed by atoms with E-state index in [4.69, 9.17) is 16.3 Å². The summed E-state index contributed by atoms with van der Waals surface area (Å²) in [6.07, 6.45) is 0.899. The summed E-state index contributed by atoms with van der Waals surface area (Å²) in [4.78, 5) is 29.8. The molecule has 1 saturated heterocycles. The number of fused-ring (bicyclic) bond motifs is 1. The van der Waals surface area contributed by atoms with Gasteiger partial charge in [0.1, 0.15) is 5.75 Å². The number of nitrogens with one attached hydrogen (secondary N) is 1. The highest BCUT2D eigenvalue weighted by atomic mass is 35.5. The SMILES string of the molecule is C[C@@H](Oc1ccc(Cl)cc1)C(=O)N1CCC(n2c(=O)[nH]c3ccccc32)CC1. The van der Waals surface area contributed by atoms with Crippen molar-refractivity contribution in [3.8, 4) is 5.75 Å². The van der Waals surface area contributed by atoms with Gasteiger partial charge in [0.05, 0.1) is 11.0 Å². The molecular weight excluding hydrogens is 378 g/mol. The molecule has 7 heteroatoms. The van der Waals surface area contributed by atoms with Crippen LogP contribution in [0.1, 0.15) is 25.8 Å². The molecule has 0 bridgehead atoms. The number of carbonyl (C=O) groups is 1. The fourth-order valence-electron chi connectivity index (χ4n) is 3.81. The van der Waals surface area contributed by atoms with E-state index >= 15 is 0 Å². The lowest BCUT2D eigenvalue weighted by Gasteiger charge is -2.34. The Morgan fingerprint density at radius 3 is 2.54 bits per heavy atom. The van der Waals surface area contributed by atoms with E-state index in [0.29, 0.717) is 23.9 Å². The summed E-state index contributed by atoms with van der Waals surface area (Å²) >= 11 is 5.88. The largest absolute Gasteiger partial charge is 0.481 e. The van der Waals surface area contributed by atoms with E-state index in [1.165, 1.54) is 0 Å². The summed E-state index contributed by atoms with van der Waals surface area (Å²) < 4.78 is 7.57. The average molecular weight is 400 g/mol. The topological polar surface area (TPSA) is 67.3 Å². The molecule has 6 nitrogen and oxygen atoms in total. The molecule has 1 fully saturated rings. The Hall–Kier alpha value is -2.73. The number of aromatic amines is 1. The first-order valence-corrected chi connectivity index (χ1v) is 9.81. The zero-order valence-electron chi connectivity index (χ0n) is 15.6. The van der Waals surface area contributed by atoms with Gasteiger partial charge in [-0.1, -0.05) is 23.7 Å². The first-order chi connectivity index (χ1) is 13.5. The molecule has 3 aromatic rings. The van der Waals surface area contributed by atoms with Crippen molar-refractivity contribution in [2.75, 3.05) is 13.1 Å². The van der Waals surface area contributed by atoms with Crippen LogP contribution >= 0.6 is 11.6 Å². The number of carbonyl (C=O) groups excluding carboxylic acids is 1. The Kier molecular flexibility index (Phi) is 5.13. The number of likely N-dealkylation sites (tertiary alicyclic amines) is 1. The summed E-state index contributed by atoms with van der Waals surface area (Å²) in [6, 6.07) is 14.8. The van der Waals surface area contributed by atoms with Crippen LogP contribution in [0.3, 0.4) is 0 Å². The number of hydrogen-bond acceptors (Lipinski definition) is 3. The van der Waals surface area contributed by atoms with E-state index in [0.717, 1.165) is 23.9 Å². The Balaban J connectivity index is 1.40. The number of ether oxygens (including phenoxy) is 1. The number of aromatic nitrogens is 2. The highest BCUT2D eigenvalue weighted by Crippen LogP contribution is 2.25. The molecule has 1 N–H and O–H groups in total. The van der Waals surface area contributed by atoms with Crippen LogP contribution < -0.4 is 10.4 Å². The van der Waals surface area contributed by atoms with E-state index in [2.05, 4.69) is 4.98 Å². The van der Waals surface area contributed by atoms with Crippen molar-refractivity contribution in [2.45, 2.75) is 31.9 Å². The van der Waals surface area contributed by atoms with Gasteiger partial charge < -0.3 is 14.6 Å². The predicted octanol–water partition coefficient (Wildman–Crippen LogP) is 3.61. The number of halogens is 1. The van der Waals surface area contributed by atoms with E-state index < -0.39 is 6.10 Å². The first kappa shape index (κ1) is 18.6. The minimum absolute atomic E-state index is 0.0420. The number of hydrogen-bond donors (Lipinski definition) is 1. The second kappa shape index (κ2) is 7.72. The molecule has 0 radical (unpaired) electrons. The number of benzene rings is 2. The number of para-hydroxylation sites is 2. The van der Waals surface area contributed by atoms with E-state index in [1.807, 2.05) is 33.7 Å². The van der Waals surface area contributed by atoms with Crippen molar-refractivity contribution < 1.29 is 9.53 Å². The number of nitrogens with zero attached hydrogens (tertiary/aromatic N) is 2. The van der Waals surface area contributed by atoms with Crippen LogP contribution in [0.15, 0.2) is 53.3 Å². The fourth-order valence-corrected chi connectivity index (χ4v) is 3.93. The summed E-state index contributed by atoms with van der Waals surface area (Å²) in [5.41, 5.74) is 1.66. The molecule has 1 amide bonds. The van der Waals surface area contributed by atoms with Gasteiger partial charge in [0.15, 0.2) is 6.10 Å². The van der Waals surface area contributed by atoms with Gasteiger partial charge in [-0.2, -0.15) is 0 Å². The second-order valence-electron chi connectivity index (χ2n) is 7.09. The zero-order valence-corrected chi connectivity index (χ0v) is 16.4. The number of rotatable bonds is 4. The molecule has 1 aliphatic heterocycles. The fraction of sp³-hybridized carbons (Fsp3) is 0.333. The van der Waals surface area contributed by atoms with Gasteiger partial charge in [-0.05, 0) is 56.2 Å². The van der Waals surface area contributed by atoms with Gasteiger partial charge in [-0.25, -0.2) is 4.79 Å². The van der Waals surface area contributed by atoms with Gasteiger partial charge in [0.2, 0.25) is 0 Å². The molecule has 0 spiro atoms. The van der Waals surface area contributed by atoms with Crippen LogP contribution in [0.5, 0.6) is 5.75 Å². The summed E-state index contributed by atoms with van der Waals surface area (Å²) in [5, 5.41) is 0.626. The summed E-state index contributed by atoms with van der Waals surface area (Å²) in [7, 11) is 0. The normalized spacial score (nSPS) is 16.3. The van der Waals surface area contributed by atoms with Crippen LogP contribution in [0, 0.1) is 0 Å². The third kappa shape index (κ3) is 3.64. The molecule has 1 aliphatic rings. The van der Waals surface area contributed by atoms with Gasteiger partial charge in [0.25, 0.3) is 5.91 Å². The Morgan fingerprint density at radius 1 is 1.14 bits per heavy atom. The van der Waals surface area contributed by atoms with Crippen molar-refractivity contribution in [3.05, 3.63) is 64.0 Å². The maximum absolute atomic E-state index is 12.7. The Bertz CT molecular complexity index is 1030. The van der Waals surface area contributed by atoms with Crippen molar-refractivity contribution in [1.29, 1.82) is 0 Å². The summed E-state index contributed by atoms with van der Waals surface area (Å²) in [5.74, 6) is 0.574.